The summed E-state index contributed by atoms with van der Waals surface area (Å²) in [5, 5.41) is 14.0. The minimum Gasteiger partial charge on any atom is -0.321 e. The van der Waals surface area contributed by atoms with Crippen LogP contribution in [0.3, 0.4) is 0 Å². The number of rotatable bonds is 8. The smallest absolute Gasteiger partial charge is 0.270 e. The molecule has 37 heavy (non-hydrogen) atoms. The first kappa shape index (κ1) is 25.3. The number of sulfonamides is 1. The number of nitrogens with zero attached hydrogens (tertiary/aromatic N) is 1. The number of nitrogens with one attached hydrogen (secondary N) is 2. The van der Waals surface area contributed by atoms with Crippen LogP contribution < -0.4 is 10.0 Å². The number of amides is 1. The van der Waals surface area contributed by atoms with Crippen LogP contribution in [0.2, 0.25) is 0 Å². The summed E-state index contributed by atoms with van der Waals surface area (Å²) in [6.07, 6.45) is 0. The zero-order valence-corrected chi connectivity index (χ0v) is 20.4. The number of non-ortho nitro benzene ring substituents is 1. The number of ketones is 1. The summed E-state index contributed by atoms with van der Waals surface area (Å²) >= 11 is 0. The number of hydrogen-bond donors (Lipinski definition) is 2. The lowest BCUT2D eigenvalue weighted by Crippen LogP contribution is -2.20. The number of aryl methyl sites for hydroxylation is 1. The Morgan fingerprint density at radius 1 is 0.784 bits per heavy atom. The summed E-state index contributed by atoms with van der Waals surface area (Å²) in [5.74, 6) is -1.17. The highest BCUT2D eigenvalue weighted by atomic mass is 32.2. The highest BCUT2D eigenvalue weighted by Crippen LogP contribution is 2.27. The average molecular weight is 516 g/mol. The van der Waals surface area contributed by atoms with Crippen LogP contribution in [0, 0.1) is 17.0 Å². The van der Waals surface area contributed by atoms with Crippen LogP contribution in [0.4, 0.5) is 17.1 Å². The molecule has 0 aliphatic rings. The van der Waals surface area contributed by atoms with Crippen molar-refractivity contribution in [1.29, 1.82) is 0 Å². The molecule has 9 nitrogen and oxygen atoms in total. The minimum absolute atomic E-state index is 0.0402. The van der Waals surface area contributed by atoms with Gasteiger partial charge in [-0.25, -0.2) is 8.42 Å². The Balaban J connectivity index is 1.70. The lowest BCUT2D eigenvalue weighted by Gasteiger charge is -2.14. The maximum Gasteiger partial charge on any atom is 0.270 e. The van der Waals surface area contributed by atoms with Crippen molar-refractivity contribution in [2.24, 2.45) is 0 Å². The summed E-state index contributed by atoms with van der Waals surface area (Å²) in [4.78, 5) is 37.0. The van der Waals surface area contributed by atoms with E-state index in [1.54, 1.807) is 60.7 Å². The van der Waals surface area contributed by atoms with Crippen LogP contribution in [0.1, 0.15) is 31.8 Å². The van der Waals surface area contributed by atoms with E-state index in [1.165, 1.54) is 18.2 Å². The van der Waals surface area contributed by atoms with Gasteiger partial charge in [0, 0.05) is 23.3 Å². The van der Waals surface area contributed by atoms with Crippen LogP contribution in [-0.2, 0) is 10.0 Å². The predicted octanol–water partition coefficient (Wildman–Crippen LogP) is 5.19. The van der Waals surface area contributed by atoms with Crippen LogP contribution in [-0.4, -0.2) is 25.0 Å². The van der Waals surface area contributed by atoms with Crippen molar-refractivity contribution in [1.82, 2.24) is 0 Å². The molecule has 0 radical (unpaired) electrons. The molecule has 0 aliphatic carbocycles. The number of carbonyl (C=O) groups is 2. The van der Waals surface area contributed by atoms with Gasteiger partial charge >= 0.3 is 0 Å². The number of hydrogen-bond acceptors (Lipinski definition) is 6. The van der Waals surface area contributed by atoms with E-state index in [1.807, 2.05) is 6.92 Å². The van der Waals surface area contributed by atoms with E-state index in [-0.39, 0.29) is 33.2 Å². The van der Waals surface area contributed by atoms with Crippen molar-refractivity contribution in [3.05, 3.63) is 129 Å². The molecule has 4 aromatic rings. The first-order chi connectivity index (χ1) is 17.7. The van der Waals surface area contributed by atoms with E-state index >= 15 is 0 Å². The standard InChI is InChI=1S/C27H21N3O6S/c1-18-11-14-21(15-12-18)37(35,36)29-25-16-13-20(30(33)34)17-23(25)27(32)28-24-10-6-5-9-22(24)26(31)19-7-3-2-4-8-19/h2-17,29H,1H3,(H,28,32). The van der Waals surface area contributed by atoms with E-state index in [0.717, 1.165) is 23.8 Å². The van der Waals surface area contributed by atoms with Gasteiger partial charge in [0.05, 0.1) is 26.8 Å². The summed E-state index contributed by atoms with van der Waals surface area (Å²) in [6.45, 7) is 1.81. The molecule has 4 aromatic carbocycles. The van der Waals surface area contributed by atoms with E-state index in [2.05, 4.69) is 10.0 Å². The number of para-hydroxylation sites is 1. The minimum atomic E-state index is -4.10. The summed E-state index contributed by atoms with van der Waals surface area (Å²) in [7, 11) is -4.10. The Bertz CT molecular complexity index is 1600. The maximum absolute atomic E-state index is 13.3. The third-order valence-corrected chi connectivity index (χ3v) is 6.87. The normalized spacial score (nSPS) is 10.9. The molecule has 0 fully saturated rings. The largest absolute Gasteiger partial charge is 0.321 e. The van der Waals surface area contributed by atoms with Gasteiger partial charge in [0.1, 0.15) is 0 Å². The van der Waals surface area contributed by atoms with Gasteiger partial charge in [-0.3, -0.25) is 24.4 Å². The first-order valence-electron chi connectivity index (χ1n) is 11.0. The molecule has 0 aliphatic heterocycles. The van der Waals surface area contributed by atoms with Crippen molar-refractivity contribution in [3.8, 4) is 0 Å². The van der Waals surface area contributed by atoms with Gasteiger partial charge in [-0.1, -0.05) is 60.2 Å². The number of carbonyl (C=O) groups excluding carboxylic acids is 2. The predicted molar refractivity (Wildman–Crippen MR) is 139 cm³/mol. The van der Waals surface area contributed by atoms with E-state index < -0.39 is 26.5 Å². The van der Waals surface area contributed by atoms with E-state index in [0.29, 0.717) is 5.56 Å². The van der Waals surface area contributed by atoms with Crippen molar-refractivity contribution in [2.45, 2.75) is 11.8 Å². The van der Waals surface area contributed by atoms with Crippen LogP contribution >= 0.6 is 0 Å². The molecular formula is C27H21N3O6S. The monoisotopic (exact) mass is 515 g/mol. The molecule has 0 heterocycles. The fourth-order valence-corrected chi connectivity index (χ4v) is 4.65. The Labute approximate surface area is 213 Å². The number of nitro benzene ring substituents is 1. The number of nitro groups is 1. The third kappa shape index (κ3) is 5.71. The highest BCUT2D eigenvalue weighted by Gasteiger charge is 2.23. The lowest BCUT2D eigenvalue weighted by atomic mass is 10.0. The molecule has 0 saturated carbocycles. The summed E-state index contributed by atoms with van der Waals surface area (Å²) < 4.78 is 28.2. The molecule has 0 saturated heterocycles. The fourth-order valence-electron chi connectivity index (χ4n) is 3.57. The third-order valence-electron chi connectivity index (χ3n) is 5.49. The average Bonchev–Trinajstić information content (AvgIpc) is 2.89. The van der Waals surface area contributed by atoms with Crippen LogP contribution in [0.15, 0.2) is 102 Å². The molecule has 0 spiro atoms. The molecule has 1 amide bonds. The van der Waals surface area contributed by atoms with E-state index in [4.69, 9.17) is 0 Å². The van der Waals surface area contributed by atoms with Gasteiger partial charge < -0.3 is 5.32 Å². The summed E-state index contributed by atoms with van der Waals surface area (Å²) in [5.41, 5.74) is 0.790. The molecule has 0 bridgehead atoms. The first-order valence-corrected chi connectivity index (χ1v) is 12.5. The van der Waals surface area contributed by atoms with Crippen molar-refractivity contribution in [2.75, 3.05) is 10.0 Å². The molecule has 10 heteroatoms. The molecule has 2 N–H and O–H groups in total. The van der Waals surface area contributed by atoms with Gasteiger partial charge in [0.25, 0.3) is 21.6 Å². The fraction of sp³-hybridized carbons (Fsp3) is 0.0370. The second kappa shape index (κ2) is 10.4. The van der Waals surface area contributed by atoms with Crippen molar-refractivity contribution < 1.29 is 22.9 Å². The van der Waals surface area contributed by atoms with Crippen molar-refractivity contribution in [3.63, 3.8) is 0 Å². The van der Waals surface area contributed by atoms with Gasteiger partial charge in [-0.2, -0.15) is 0 Å². The number of benzene rings is 4. The van der Waals surface area contributed by atoms with E-state index in [9.17, 15) is 28.1 Å². The SMILES string of the molecule is Cc1ccc(S(=O)(=O)Nc2ccc([N+](=O)[O-])cc2C(=O)Nc2ccccc2C(=O)c2ccccc2)cc1. The topological polar surface area (TPSA) is 135 Å². The van der Waals surface area contributed by atoms with Gasteiger partial charge in [-0.15, -0.1) is 0 Å². The molecule has 0 atom stereocenters. The number of anilines is 2. The van der Waals surface area contributed by atoms with Gasteiger partial charge in [0.15, 0.2) is 5.78 Å². The van der Waals surface area contributed by atoms with Crippen molar-refractivity contribution >= 4 is 38.8 Å². The molecule has 4 rings (SSSR count). The Hall–Kier alpha value is -4.83. The van der Waals surface area contributed by atoms with Gasteiger partial charge in [0.2, 0.25) is 0 Å². The second-order valence-electron chi connectivity index (χ2n) is 8.10. The van der Waals surface area contributed by atoms with Crippen LogP contribution in [0.25, 0.3) is 0 Å². The van der Waals surface area contributed by atoms with Crippen LogP contribution in [0.5, 0.6) is 0 Å². The lowest BCUT2D eigenvalue weighted by molar-refractivity contribution is -0.384. The molecule has 0 unspecified atom stereocenters. The molecular weight excluding hydrogens is 494 g/mol. The Kier molecular flexibility index (Phi) is 7.12. The quantitative estimate of drug-likeness (QED) is 0.188. The molecule has 0 aromatic heterocycles. The zero-order chi connectivity index (χ0) is 26.6. The summed E-state index contributed by atoms with van der Waals surface area (Å²) in [6, 6.07) is 24.1. The molecule has 186 valence electrons. The van der Waals surface area contributed by atoms with Gasteiger partial charge in [-0.05, 0) is 37.3 Å². The zero-order valence-electron chi connectivity index (χ0n) is 19.5. The highest BCUT2D eigenvalue weighted by molar-refractivity contribution is 7.92. The maximum atomic E-state index is 13.3. The Morgan fingerprint density at radius 2 is 1.43 bits per heavy atom. The second-order valence-corrected chi connectivity index (χ2v) is 9.78. The Morgan fingerprint density at radius 3 is 2.11 bits per heavy atom.